The van der Waals surface area contributed by atoms with Crippen LogP contribution < -0.4 is 10.1 Å². The predicted octanol–water partition coefficient (Wildman–Crippen LogP) is 2.55. The van der Waals surface area contributed by atoms with E-state index < -0.39 is 0 Å². The predicted molar refractivity (Wildman–Crippen MR) is 81.2 cm³/mol. The summed E-state index contributed by atoms with van der Waals surface area (Å²) in [5, 5.41) is 7.91. The third kappa shape index (κ3) is 2.85. The van der Waals surface area contributed by atoms with Gasteiger partial charge in [-0.25, -0.2) is 0 Å². The second-order valence-corrected chi connectivity index (χ2v) is 5.11. The van der Waals surface area contributed by atoms with E-state index in [0.29, 0.717) is 0 Å². The third-order valence-corrected chi connectivity index (χ3v) is 3.84. The molecular formula is C16H23N3O. The van der Waals surface area contributed by atoms with E-state index in [4.69, 9.17) is 4.74 Å². The lowest BCUT2D eigenvalue weighted by atomic mass is 9.97. The van der Waals surface area contributed by atoms with Crippen LogP contribution in [-0.4, -0.2) is 23.9 Å². The van der Waals surface area contributed by atoms with Gasteiger partial charge in [0.15, 0.2) is 0 Å². The van der Waals surface area contributed by atoms with E-state index in [1.807, 2.05) is 30.9 Å². The number of benzene rings is 1. The standard InChI is InChI=1S/C16H23N3O/c1-11-16(12(2)19(4)18-11)15(17-3)10-13-7-6-8-14(9-13)20-5/h6-9,15,17H,10H2,1-5H3. The second kappa shape index (κ2) is 6.09. The number of hydrogen-bond donors (Lipinski definition) is 1. The van der Waals surface area contributed by atoms with E-state index in [9.17, 15) is 0 Å². The van der Waals surface area contributed by atoms with E-state index in [1.165, 1.54) is 16.8 Å². The topological polar surface area (TPSA) is 39.1 Å². The Morgan fingerprint density at radius 1 is 1.35 bits per heavy atom. The maximum Gasteiger partial charge on any atom is 0.119 e. The molecule has 0 bridgehead atoms. The summed E-state index contributed by atoms with van der Waals surface area (Å²) in [6.07, 6.45) is 0.918. The molecule has 0 saturated carbocycles. The van der Waals surface area contributed by atoms with Gasteiger partial charge in [-0.05, 0) is 45.0 Å². The van der Waals surface area contributed by atoms with Crippen LogP contribution in [0, 0.1) is 13.8 Å². The number of rotatable bonds is 5. The van der Waals surface area contributed by atoms with Gasteiger partial charge in [0.1, 0.15) is 5.75 Å². The minimum atomic E-state index is 0.260. The van der Waals surface area contributed by atoms with Gasteiger partial charge in [-0.1, -0.05) is 12.1 Å². The monoisotopic (exact) mass is 273 g/mol. The Bertz CT molecular complexity index is 589. The molecule has 1 aromatic carbocycles. The van der Waals surface area contributed by atoms with Gasteiger partial charge in [-0.15, -0.1) is 0 Å². The molecule has 4 heteroatoms. The largest absolute Gasteiger partial charge is 0.497 e. The van der Waals surface area contributed by atoms with Crippen LogP contribution in [0.2, 0.25) is 0 Å². The molecule has 2 rings (SSSR count). The van der Waals surface area contributed by atoms with Gasteiger partial charge in [0.05, 0.1) is 12.8 Å². The lowest BCUT2D eigenvalue weighted by Crippen LogP contribution is -2.20. The van der Waals surface area contributed by atoms with Gasteiger partial charge in [0.2, 0.25) is 0 Å². The quantitative estimate of drug-likeness (QED) is 0.910. The number of nitrogens with zero attached hydrogens (tertiary/aromatic N) is 2. The molecule has 1 atom stereocenters. The summed E-state index contributed by atoms with van der Waals surface area (Å²) in [7, 11) is 5.69. The van der Waals surface area contributed by atoms with Crippen molar-refractivity contribution in [2.45, 2.75) is 26.3 Å². The fourth-order valence-electron chi connectivity index (χ4n) is 2.68. The zero-order chi connectivity index (χ0) is 14.7. The minimum Gasteiger partial charge on any atom is -0.497 e. The summed E-state index contributed by atoms with van der Waals surface area (Å²) in [6.45, 7) is 4.18. The van der Waals surface area contributed by atoms with Crippen molar-refractivity contribution >= 4 is 0 Å². The first-order valence-corrected chi connectivity index (χ1v) is 6.87. The van der Waals surface area contributed by atoms with Crippen LogP contribution in [-0.2, 0) is 13.5 Å². The van der Waals surface area contributed by atoms with E-state index in [2.05, 4.69) is 36.4 Å². The number of hydrogen-bond acceptors (Lipinski definition) is 3. The number of ether oxygens (including phenoxy) is 1. The molecule has 0 aliphatic heterocycles. The first kappa shape index (κ1) is 14.6. The van der Waals surface area contributed by atoms with Crippen molar-refractivity contribution < 1.29 is 4.74 Å². The molecule has 1 N–H and O–H groups in total. The summed E-state index contributed by atoms with van der Waals surface area (Å²) in [5.74, 6) is 0.900. The number of methoxy groups -OCH3 is 1. The van der Waals surface area contributed by atoms with Crippen LogP contribution in [0.25, 0.3) is 0 Å². The molecule has 0 amide bonds. The summed E-state index contributed by atoms with van der Waals surface area (Å²) in [4.78, 5) is 0. The lowest BCUT2D eigenvalue weighted by molar-refractivity contribution is 0.414. The first-order valence-electron chi connectivity index (χ1n) is 6.87. The van der Waals surface area contributed by atoms with Crippen molar-refractivity contribution in [3.63, 3.8) is 0 Å². The van der Waals surface area contributed by atoms with Crippen LogP contribution in [0.1, 0.15) is 28.6 Å². The Hall–Kier alpha value is -1.81. The summed E-state index contributed by atoms with van der Waals surface area (Å²) >= 11 is 0. The zero-order valence-electron chi connectivity index (χ0n) is 12.9. The number of nitrogens with one attached hydrogen (secondary N) is 1. The molecule has 1 heterocycles. The Balaban J connectivity index is 2.28. The highest BCUT2D eigenvalue weighted by Crippen LogP contribution is 2.25. The summed E-state index contributed by atoms with van der Waals surface area (Å²) < 4.78 is 7.24. The molecule has 0 aliphatic rings. The number of aromatic nitrogens is 2. The third-order valence-electron chi connectivity index (χ3n) is 3.84. The molecule has 108 valence electrons. The molecule has 2 aromatic rings. The van der Waals surface area contributed by atoms with Crippen LogP contribution in [0.3, 0.4) is 0 Å². The minimum absolute atomic E-state index is 0.260. The van der Waals surface area contributed by atoms with E-state index in [0.717, 1.165) is 17.9 Å². The molecule has 4 nitrogen and oxygen atoms in total. The molecule has 0 saturated heterocycles. The van der Waals surface area contributed by atoms with Crippen LogP contribution in [0.4, 0.5) is 0 Å². The van der Waals surface area contributed by atoms with E-state index in [1.54, 1.807) is 7.11 Å². The zero-order valence-corrected chi connectivity index (χ0v) is 12.9. The van der Waals surface area contributed by atoms with Crippen LogP contribution in [0.5, 0.6) is 5.75 Å². The Morgan fingerprint density at radius 3 is 2.65 bits per heavy atom. The molecule has 0 aliphatic carbocycles. The molecule has 0 fully saturated rings. The normalized spacial score (nSPS) is 12.4. The van der Waals surface area contributed by atoms with E-state index in [-0.39, 0.29) is 6.04 Å². The van der Waals surface area contributed by atoms with Gasteiger partial charge in [0, 0.05) is 24.3 Å². The van der Waals surface area contributed by atoms with E-state index >= 15 is 0 Å². The van der Waals surface area contributed by atoms with Crippen molar-refractivity contribution in [3.8, 4) is 5.75 Å². The van der Waals surface area contributed by atoms with Gasteiger partial charge >= 0.3 is 0 Å². The van der Waals surface area contributed by atoms with Crippen molar-refractivity contribution in [3.05, 3.63) is 46.8 Å². The van der Waals surface area contributed by atoms with Crippen LogP contribution >= 0.6 is 0 Å². The molecule has 20 heavy (non-hydrogen) atoms. The van der Waals surface area contributed by atoms with Crippen molar-refractivity contribution in [2.75, 3.05) is 14.2 Å². The average molecular weight is 273 g/mol. The maximum atomic E-state index is 5.29. The lowest BCUT2D eigenvalue weighted by Gasteiger charge is -2.17. The smallest absolute Gasteiger partial charge is 0.119 e. The Labute approximate surface area is 120 Å². The molecule has 1 unspecified atom stereocenters. The molecule has 0 radical (unpaired) electrons. The number of aryl methyl sites for hydroxylation is 2. The van der Waals surface area contributed by atoms with Crippen molar-refractivity contribution in [2.24, 2.45) is 7.05 Å². The highest BCUT2D eigenvalue weighted by Gasteiger charge is 2.19. The summed E-state index contributed by atoms with van der Waals surface area (Å²) in [6, 6.07) is 8.48. The Kier molecular flexibility index (Phi) is 4.45. The van der Waals surface area contributed by atoms with Gasteiger partial charge in [-0.2, -0.15) is 5.10 Å². The Morgan fingerprint density at radius 2 is 2.10 bits per heavy atom. The second-order valence-electron chi connectivity index (χ2n) is 5.11. The molecule has 1 aromatic heterocycles. The van der Waals surface area contributed by atoms with Crippen molar-refractivity contribution in [1.82, 2.24) is 15.1 Å². The van der Waals surface area contributed by atoms with Gasteiger partial charge in [0.25, 0.3) is 0 Å². The highest BCUT2D eigenvalue weighted by atomic mass is 16.5. The maximum absolute atomic E-state index is 5.29. The number of likely N-dealkylation sites (N-methyl/N-ethyl adjacent to an activating group) is 1. The van der Waals surface area contributed by atoms with Crippen LogP contribution in [0.15, 0.2) is 24.3 Å². The first-order chi connectivity index (χ1) is 9.56. The fraction of sp³-hybridized carbons (Fsp3) is 0.438. The molecular weight excluding hydrogens is 250 g/mol. The summed E-state index contributed by atoms with van der Waals surface area (Å²) in [5.41, 5.74) is 4.85. The highest BCUT2D eigenvalue weighted by molar-refractivity contribution is 5.33. The van der Waals surface area contributed by atoms with Gasteiger partial charge in [-0.3, -0.25) is 4.68 Å². The SMILES string of the molecule is CNC(Cc1cccc(OC)c1)c1c(C)nn(C)c1C. The van der Waals surface area contributed by atoms with Crippen molar-refractivity contribution in [1.29, 1.82) is 0 Å². The average Bonchev–Trinajstić information content (AvgIpc) is 2.70. The van der Waals surface area contributed by atoms with Gasteiger partial charge < -0.3 is 10.1 Å². The molecule has 0 spiro atoms. The fourth-order valence-corrected chi connectivity index (χ4v) is 2.68.